The van der Waals surface area contributed by atoms with E-state index in [-0.39, 0.29) is 18.1 Å². The zero-order valence-electron chi connectivity index (χ0n) is 12.3. The number of nitrogens with zero attached hydrogens (tertiary/aromatic N) is 1. The van der Waals surface area contributed by atoms with Gasteiger partial charge in [0.05, 0.1) is 6.10 Å². The second-order valence-electron chi connectivity index (χ2n) is 6.85. The first kappa shape index (κ1) is 14.6. The van der Waals surface area contributed by atoms with Crippen LogP contribution in [0.25, 0.3) is 0 Å². The van der Waals surface area contributed by atoms with Crippen LogP contribution in [-0.4, -0.2) is 51.8 Å². The van der Waals surface area contributed by atoms with Crippen molar-refractivity contribution in [1.29, 1.82) is 0 Å². The number of carbonyl (C=O) groups excluding carboxylic acids is 1. The Morgan fingerprint density at radius 3 is 2.43 bits per heavy atom. The highest BCUT2D eigenvalue weighted by Gasteiger charge is 2.46. The predicted octanol–water partition coefficient (Wildman–Crippen LogP) is 1.19. The first-order valence-corrected chi connectivity index (χ1v) is 8.00. The summed E-state index contributed by atoms with van der Waals surface area (Å²) in [6.45, 7) is 1.19. The molecule has 1 saturated heterocycles. The Balaban J connectivity index is 1.64. The third kappa shape index (κ3) is 2.61. The normalized spacial score (nSPS) is 34.5. The number of carboxylic acid groups (broad SMARTS) is 1. The summed E-state index contributed by atoms with van der Waals surface area (Å²) in [5.74, 6) is -0.379. The maximum Gasteiger partial charge on any atom is 0.329 e. The lowest BCUT2D eigenvalue weighted by Gasteiger charge is -2.35. The number of rotatable bonds is 2. The van der Waals surface area contributed by atoms with Crippen molar-refractivity contribution in [3.05, 3.63) is 0 Å². The maximum absolute atomic E-state index is 12.4. The maximum atomic E-state index is 12.4. The average molecular weight is 296 g/mol. The molecule has 0 aromatic carbocycles. The number of amides is 2. The second-order valence-corrected chi connectivity index (χ2v) is 6.85. The number of aliphatic carboxylic acids is 1. The molecule has 3 fully saturated rings. The van der Waals surface area contributed by atoms with Crippen molar-refractivity contribution in [2.75, 3.05) is 13.1 Å². The molecule has 3 aliphatic rings. The Hall–Kier alpha value is -1.30. The van der Waals surface area contributed by atoms with Gasteiger partial charge in [-0.25, -0.2) is 9.59 Å². The summed E-state index contributed by atoms with van der Waals surface area (Å²) in [6.07, 6.45) is 5.21. The van der Waals surface area contributed by atoms with Crippen LogP contribution in [0.5, 0.6) is 0 Å². The lowest BCUT2D eigenvalue weighted by Crippen LogP contribution is -2.58. The van der Waals surface area contributed by atoms with E-state index in [9.17, 15) is 19.8 Å². The standard InChI is InChI=1S/C15H24N2O4/c18-12-5-4-10-8-17(9-11(10)12)14(21)16-15(13(19)20)6-2-1-3-7-15/h10-12,18H,1-9H2,(H,16,21)(H,19,20). The van der Waals surface area contributed by atoms with Crippen LogP contribution in [-0.2, 0) is 4.79 Å². The molecule has 0 aromatic rings. The largest absolute Gasteiger partial charge is 0.480 e. The fourth-order valence-electron chi connectivity index (χ4n) is 4.23. The summed E-state index contributed by atoms with van der Waals surface area (Å²) >= 11 is 0. The fourth-order valence-corrected chi connectivity index (χ4v) is 4.23. The molecule has 0 bridgehead atoms. The Kier molecular flexibility index (Phi) is 3.82. The van der Waals surface area contributed by atoms with Gasteiger partial charge in [-0.05, 0) is 31.6 Å². The molecule has 118 valence electrons. The number of nitrogens with one attached hydrogen (secondary N) is 1. The molecular formula is C15H24N2O4. The number of carbonyl (C=O) groups is 2. The number of carboxylic acids is 1. The van der Waals surface area contributed by atoms with Crippen LogP contribution in [0.15, 0.2) is 0 Å². The third-order valence-corrected chi connectivity index (χ3v) is 5.57. The summed E-state index contributed by atoms with van der Waals surface area (Å²) in [7, 11) is 0. The van der Waals surface area contributed by atoms with Crippen molar-refractivity contribution in [1.82, 2.24) is 10.2 Å². The number of hydrogen-bond donors (Lipinski definition) is 3. The minimum Gasteiger partial charge on any atom is -0.480 e. The van der Waals surface area contributed by atoms with E-state index >= 15 is 0 Å². The molecule has 0 radical (unpaired) electrons. The van der Waals surface area contributed by atoms with Crippen LogP contribution in [0.2, 0.25) is 0 Å². The summed E-state index contributed by atoms with van der Waals surface area (Å²) in [5, 5.41) is 22.2. The second kappa shape index (κ2) is 5.48. The number of aliphatic hydroxyl groups excluding tert-OH is 1. The first-order valence-electron chi connectivity index (χ1n) is 8.00. The van der Waals surface area contributed by atoms with E-state index in [2.05, 4.69) is 5.32 Å². The van der Waals surface area contributed by atoms with Crippen LogP contribution < -0.4 is 5.32 Å². The molecule has 6 heteroatoms. The molecule has 1 aliphatic heterocycles. The van der Waals surface area contributed by atoms with Gasteiger partial charge in [-0.1, -0.05) is 19.3 Å². The Morgan fingerprint density at radius 2 is 1.81 bits per heavy atom. The minimum atomic E-state index is -1.09. The monoisotopic (exact) mass is 296 g/mol. The Bertz CT molecular complexity index is 433. The lowest BCUT2D eigenvalue weighted by atomic mass is 9.82. The van der Waals surface area contributed by atoms with Crippen molar-refractivity contribution in [3.8, 4) is 0 Å². The fraction of sp³-hybridized carbons (Fsp3) is 0.867. The van der Waals surface area contributed by atoms with Gasteiger partial charge in [0.25, 0.3) is 0 Å². The van der Waals surface area contributed by atoms with E-state index in [1.165, 1.54) is 0 Å². The van der Waals surface area contributed by atoms with Crippen molar-refractivity contribution in [2.24, 2.45) is 11.8 Å². The average Bonchev–Trinajstić information content (AvgIpc) is 3.02. The zero-order valence-corrected chi connectivity index (χ0v) is 12.3. The highest BCUT2D eigenvalue weighted by Crippen LogP contribution is 2.38. The number of fused-ring (bicyclic) bond motifs is 1. The molecule has 2 aliphatic carbocycles. The molecule has 3 N–H and O–H groups in total. The van der Waals surface area contributed by atoms with Gasteiger partial charge in [0, 0.05) is 19.0 Å². The number of likely N-dealkylation sites (tertiary alicyclic amines) is 1. The van der Waals surface area contributed by atoms with Gasteiger partial charge in [0.1, 0.15) is 5.54 Å². The molecule has 6 nitrogen and oxygen atoms in total. The van der Waals surface area contributed by atoms with Gasteiger partial charge in [-0.2, -0.15) is 0 Å². The molecule has 1 heterocycles. The summed E-state index contributed by atoms with van der Waals surface area (Å²) in [4.78, 5) is 25.7. The van der Waals surface area contributed by atoms with Gasteiger partial charge >= 0.3 is 12.0 Å². The molecule has 2 saturated carbocycles. The molecule has 0 aromatic heterocycles. The Morgan fingerprint density at radius 1 is 1.10 bits per heavy atom. The molecule has 3 unspecified atom stereocenters. The van der Waals surface area contributed by atoms with Crippen LogP contribution in [0.3, 0.4) is 0 Å². The zero-order chi connectivity index (χ0) is 15.0. The van der Waals surface area contributed by atoms with Gasteiger partial charge < -0.3 is 20.4 Å². The highest BCUT2D eigenvalue weighted by atomic mass is 16.4. The molecular weight excluding hydrogens is 272 g/mol. The first-order chi connectivity index (χ1) is 10.0. The molecule has 3 atom stereocenters. The number of aliphatic hydroxyl groups is 1. The van der Waals surface area contributed by atoms with Crippen LogP contribution in [0.4, 0.5) is 4.79 Å². The van der Waals surface area contributed by atoms with Crippen molar-refractivity contribution in [2.45, 2.75) is 56.6 Å². The molecule has 2 amide bonds. The SMILES string of the molecule is O=C(NC1(C(=O)O)CCCCC1)N1CC2CCC(O)C2C1. The highest BCUT2D eigenvalue weighted by molar-refractivity contribution is 5.86. The van der Waals surface area contributed by atoms with Crippen molar-refractivity contribution in [3.63, 3.8) is 0 Å². The number of urea groups is 1. The summed E-state index contributed by atoms with van der Waals surface area (Å²) in [6, 6.07) is -0.277. The topological polar surface area (TPSA) is 89.9 Å². The van der Waals surface area contributed by atoms with Crippen molar-refractivity contribution >= 4 is 12.0 Å². The van der Waals surface area contributed by atoms with Gasteiger partial charge in [-0.15, -0.1) is 0 Å². The van der Waals surface area contributed by atoms with E-state index in [1.54, 1.807) is 4.90 Å². The van der Waals surface area contributed by atoms with Crippen LogP contribution in [0.1, 0.15) is 44.9 Å². The molecule has 3 rings (SSSR count). The van der Waals surface area contributed by atoms with E-state index < -0.39 is 11.5 Å². The lowest BCUT2D eigenvalue weighted by molar-refractivity contribution is -0.145. The quantitative estimate of drug-likeness (QED) is 0.714. The smallest absolute Gasteiger partial charge is 0.329 e. The van der Waals surface area contributed by atoms with E-state index in [1.807, 2.05) is 0 Å². The number of hydrogen-bond acceptors (Lipinski definition) is 3. The summed E-state index contributed by atoms with van der Waals surface area (Å²) < 4.78 is 0. The molecule has 21 heavy (non-hydrogen) atoms. The van der Waals surface area contributed by atoms with Crippen molar-refractivity contribution < 1.29 is 19.8 Å². The Labute approximate surface area is 124 Å². The van der Waals surface area contributed by atoms with E-state index in [0.717, 1.165) is 32.1 Å². The van der Waals surface area contributed by atoms with E-state index in [4.69, 9.17) is 0 Å². The van der Waals surface area contributed by atoms with Crippen LogP contribution in [0, 0.1) is 11.8 Å². The van der Waals surface area contributed by atoms with Gasteiger partial charge in [0.2, 0.25) is 0 Å². The third-order valence-electron chi connectivity index (χ3n) is 5.57. The van der Waals surface area contributed by atoms with E-state index in [0.29, 0.717) is 31.8 Å². The van der Waals surface area contributed by atoms with Gasteiger partial charge in [-0.3, -0.25) is 0 Å². The minimum absolute atomic E-state index is 0.169. The predicted molar refractivity (Wildman–Crippen MR) is 75.8 cm³/mol. The molecule has 0 spiro atoms. The van der Waals surface area contributed by atoms with Crippen LogP contribution >= 0.6 is 0 Å². The summed E-state index contributed by atoms with van der Waals surface area (Å²) in [5.41, 5.74) is -1.09. The van der Waals surface area contributed by atoms with Gasteiger partial charge in [0.15, 0.2) is 0 Å².